The van der Waals surface area contributed by atoms with Gasteiger partial charge in [-0.25, -0.2) is 4.79 Å². The topological polar surface area (TPSA) is 63.6 Å². The van der Waals surface area contributed by atoms with Crippen molar-refractivity contribution in [2.45, 2.75) is 20.8 Å². The van der Waals surface area contributed by atoms with Gasteiger partial charge in [0, 0.05) is 12.5 Å². The van der Waals surface area contributed by atoms with Crippen molar-refractivity contribution in [3.8, 4) is 0 Å². The van der Waals surface area contributed by atoms with Crippen LogP contribution in [0.5, 0.6) is 0 Å². The summed E-state index contributed by atoms with van der Waals surface area (Å²) in [4.78, 5) is 19.4. The van der Waals surface area contributed by atoms with E-state index in [1.807, 2.05) is 0 Å². The van der Waals surface area contributed by atoms with Gasteiger partial charge in [0.25, 0.3) is 0 Å². The second-order valence-corrected chi connectivity index (χ2v) is 2.01. The highest BCUT2D eigenvalue weighted by atomic mass is 16.5. The first-order chi connectivity index (χ1) is 5.41. The summed E-state index contributed by atoms with van der Waals surface area (Å²) in [5.74, 6) is -1.15. The van der Waals surface area contributed by atoms with Crippen LogP contribution in [0, 0.1) is 0 Å². The van der Waals surface area contributed by atoms with Gasteiger partial charge in [0.2, 0.25) is 0 Å². The van der Waals surface area contributed by atoms with Gasteiger partial charge in [-0.2, -0.15) is 0 Å². The zero-order valence-corrected chi connectivity index (χ0v) is 7.59. The minimum absolute atomic E-state index is 0.176. The summed E-state index contributed by atoms with van der Waals surface area (Å²) in [6.45, 7) is 8.25. The smallest absolute Gasteiger partial charge is 0.330 e. The van der Waals surface area contributed by atoms with Gasteiger partial charge >= 0.3 is 11.9 Å². The first kappa shape index (κ1) is 13.3. The molecule has 12 heavy (non-hydrogen) atoms. The molecule has 4 heteroatoms. The molecule has 70 valence electrons. The first-order valence-corrected chi connectivity index (χ1v) is 3.44. The largest absolute Gasteiger partial charge is 0.478 e. The Bertz CT molecular complexity index is 160. The molecular weight excluding hydrogens is 160 g/mol. The number of carbonyl (C=O) groups is 2. The van der Waals surface area contributed by atoms with E-state index >= 15 is 0 Å². The van der Waals surface area contributed by atoms with Gasteiger partial charge in [-0.05, 0) is 13.8 Å². The fourth-order valence-corrected chi connectivity index (χ4v) is 0.203. The Labute approximate surface area is 71.8 Å². The van der Waals surface area contributed by atoms with E-state index in [4.69, 9.17) is 5.11 Å². The molecule has 0 aromatic heterocycles. The fourth-order valence-electron chi connectivity index (χ4n) is 0.203. The molecule has 0 radical (unpaired) electrons. The van der Waals surface area contributed by atoms with Gasteiger partial charge in [0.05, 0.1) is 6.61 Å². The minimum atomic E-state index is -0.935. The van der Waals surface area contributed by atoms with Gasteiger partial charge in [-0.15, -0.1) is 0 Å². The summed E-state index contributed by atoms with van der Waals surface area (Å²) in [5, 5.41) is 7.89. The number of hydrogen-bond donors (Lipinski definition) is 1. The van der Waals surface area contributed by atoms with Gasteiger partial charge in [0.1, 0.15) is 0 Å². The zero-order chi connectivity index (χ0) is 10.1. The molecule has 0 fully saturated rings. The van der Waals surface area contributed by atoms with Crippen LogP contribution in [0.3, 0.4) is 0 Å². The predicted molar refractivity (Wildman–Crippen MR) is 44.8 cm³/mol. The van der Waals surface area contributed by atoms with E-state index in [1.165, 1.54) is 13.8 Å². The molecule has 1 N–H and O–H groups in total. The van der Waals surface area contributed by atoms with Crippen molar-refractivity contribution in [1.82, 2.24) is 0 Å². The maximum atomic E-state index is 9.82. The van der Waals surface area contributed by atoms with Crippen molar-refractivity contribution in [1.29, 1.82) is 0 Å². The minimum Gasteiger partial charge on any atom is -0.478 e. The molecule has 0 aliphatic carbocycles. The second-order valence-electron chi connectivity index (χ2n) is 2.01. The zero-order valence-electron chi connectivity index (χ0n) is 7.59. The molecule has 0 aliphatic rings. The molecular formula is C8H14O4. The monoisotopic (exact) mass is 174 g/mol. The molecule has 0 spiro atoms. The second kappa shape index (κ2) is 7.78. The number of carboxylic acid groups (broad SMARTS) is 1. The number of carboxylic acids is 1. The highest BCUT2D eigenvalue weighted by Gasteiger charge is 1.90. The standard InChI is InChI=1S/C4H8O2.C4H6O2/c1-3-6-4(2)5;1-3(2)4(5)6/h3H2,1-2H3;1H2,2H3,(H,5,6). The number of esters is 1. The van der Waals surface area contributed by atoms with Crippen LogP contribution in [-0.2, 0) is 14.3 Å². The number of aliphatic carboxylic acids is 1. The Hall–Kier alpha value is -1.32. The number of rotatable bonds is 2. The summed E-state index contributed by atoms with van der Waals surface area (Å²) in [7, 11) is 0. The van der Waals surface area contributed by atoms with Gasteiger partial charge in [-0.1, -0.05) is 6.58 Å². The van der Waals surface area contributed by atoms with E-state index in [1.54, 1.807) is 6.92 Å². The van der Waals surface area contributed by atoms with E-state index in [0.717, 1.165) is 0 Å². The van der Waals surface area contributed by atoms with Gasteiger partial charge in [0.15, 0.2) is 0 Å². The first-order valence-electron chi connectivity index (χ1n) is 3.44. The average Bonchev–Trinajstić information content (AvgIpc) is 1.87. The lowest BCUT2D eigenvalue weighted by atomic mass is 10.4. The summed E-state index contributed by atoms with van der Waals surface area (Å²) in [5.41, 5.74) is 0.176. The van der Waals surface area contributed by atoms with E-state index in [2.05, 4.69) is 11.3 Å². The fraction of sp³-hybridized carbons (Fsp3) is 0.500. The lowest BCUT2D eigenvalue weighted by Gasteiger charge is -1.89. The molecule has 0 saturated carbocycles. The Morgan fingerprint density at radius 1 is 1.42 bits per heavy atom. The Morgan fingerprint density at radius 2 is 1.75 bits per heavy atom. The van der Waals surface area contributed by atoms with Crippen molar-refractivity contribution >= 4 is 11.9 Å². The van der Waals surface area contributed by atoms with E-state index in [0.29, 0.717) is 6.61 Å². The van der Waals surface area contributed by atoms with Crippen LogP contribution >= 0.6 is 0 Å². The summed E-state index contributed by atoms with van der Waals surface area (Å²) in [6, 6.07) is 0. The third-order valence-corrected chi connectivity index (χ3v) is 0.713. The molecule has 0 unspecified atom stereocenters. The van der Waals surface area contributed by atoms with Gasteiger partial charge < -0.3 is 9.84 Å². The number of ether oxygens (including phenoxy) is 1. The quantitative estimate of drug-likeness (QED) is 0.505. The SMILES string of the molecule is C=C(C)C(=O)O.CCOC(C)=O. The van der Waals surface area contributed by atoms with Crippen LogP contribution < -0.4 is 0 Å². The lowest BCUT2D eigenvalue weighted by molar-refractivity contribution is -0.140. The molecule has 0 heterocycles. The third kappa shape index (κ3) is 15.9. The van der Waals surface area contributed by atoms with Gasteiger partial charge in [-0.3, -0.25) is 4.79 Å². The van der Waals surface area contributed by atoms with Crippen molar-refractivity contribution in [3.63, 3.8) is 0 Å². The number of hydrogen-bond acceptors (Lipinski definition) is 3. The average molecular weight is 174 g/mol. The molecule has 0 aromatic carbocycles. The number of carbonyl (C=O) groups excluding carboxylic acids is 1. The summed E-state index contributed by atoms with van der Waals surface area (Å²) in [6.07, 6.45) is 0. The predicted octanol–water partition coefficient (Wildman–Crippen LogP) is 1.22. The molecule has 0 aromatic rings. The van der Waals surface area contributed by atoms with E-state index in [-0.39, 0.29) is 11.5 Å². The maximum Gasteiger partial charge on any atom is 0.330 e. The van der Waals surface area contributed by atoms with Crippen molar-refractivity contribution < 1.29 is 19.4 Å². The van der Waals surface area contributed by atoms with Crippen LogP contribution in [0.1, 0.15) is 20.8 Å². The van der Waals surface area contributed by atoms with Crippen LogP contribution in [0.2, 0.25) is 0 Å². The maximum absolute atomic E-state index is 9.82. The Kier molecular flexibility index (Phi) is 8.62. The third-order valence-electron chi connectivity index (χ3n) is 0.713. The van der Waals surface area contributed by atoms with Crippen molar-refractivity contribution in [3.05, 3.63) is 12.2 Å². The van der Waals surface area contributed by atoms with E-state index < -0.39 is 5.97 Å². The molecule has 0 amide bonds. The molecule has 0 bridgehead atoms. The molecule has 4 nitrogen and oxygen atoms in total. The molecule has 0 rings (SSSR count). The van der Waals surface area contributed by atoms with Crippen LogP contribution in [0.4, 0.5) is 0 Å². The molecule has 0 saturated heterocycles. The van der Waals surface area contributed by atoms with Crippen molar-refractivity contribution in [2.24, 2.45) is 0 Å². The highest BCUT2D eigenvalue weighted by molar-refractivity contribution is 5.84. The molecule has 0 atom stereocenters. The Balaban J connectivity index is 0. The van der Waals surface area contributed by atoms with Crippen LogP contribution in [0.15, 0.2) is 12.2 Å². The normalized spacial score (nSPS) is 7.58. The van der Waals surface area contributed by atoms with Crippen LogP contribution in [-0.4, -0.2) is 23.7 Å². The van der Waals surface area contributed by atoms with E-state index in [9.17, 15) is 9.59 Å². The van der Waals surface area contributed by atoms with Crippen LogP contribution in [0.25, 0.3) is 0 Å². The van der Waals surface area contributed by atoms with Crippen molar-refractivity contribution in [2.75, 3.05) is 6.61 Å². The lowest BCUT2D eigenvalue weighted by Crippen LogP contribution is -1.95. The molecule has 0 aliphatic heterocycles. The summed E-state index contributed by atoms with van der Waals surface area (Å²) < 4.78 is 4.40. The highest BCUT2D eigenvalue weighted by Crippen LogP contribution is 1.81. The Morgan fingerprint density at radius 3 is 1.75 bits per heavy atom. The summed E-state index contributed by atoms with van der Waals surface area (Å²) >= 11 is 0.